The van der Waals surface area contributed by atoms with Crippen molar-refractivity contribution in [3.05, 3.63) is 34.0 Å². The number of hydrogen-bond acceptors (Lipinski definition) is 9. The molecule has 9 nitrogen and oxygen atoms in total. The van der Waals surface area contributed by atoms with E-state index in [-0.39, 0.29) is 40.8 Å². The molecule has 1 fully saturated rings. The molecule has 0 saturated carbocycles. The van der Waals surface area contributed by atoms with Gasteiger partial charge in [-0.25, -0.2) is 0 Å². The zero-order chi connectivity index (χ0) is 22.6. The first kappa shape index (κ1) is 21.8. The summed E-state index contributed by atoms with van der Waals surface area (Å²) in [5.41, 5.74) is -3.31. The van der Waals surface area contributed by atoms with Crippen LogP contribution in [-0.2, 0) is 17.6 Å². The average molecular weight is 432 g/mol. The van der Waals surface area contributed by atoms with Crippen LogP contribution in [0.3, 0.4) is 0 Å². The number of allylic oxidation sites excluding steroid dienone is 2. The molecule has 5 N–H and O–H groups in total. The summed E-state index contributed by atoms with van der Waals surface area (Å²) >= 11 is 0. The molecule has 9 heteroatoms. The second kappa shape index (κ2) is 7.59. The van der Waals surface area contributed by atoms with Crippen molar-refractivity contribution in [2.24, 2.45) is 0 Å². The Morgan fingerprint density at radius 3 is 2.13 bits per heavy atom. The van der Waals surface area contributed by atoms with Crippen molar-refractivity contribution in [2.75, 3.05) is 39.4 Å². The number of rotatable bonds is 4. The van der Waals surface area contributed by atoms with E-state index in [2.05, 4.69) is 10.2 Å². The van der Waals surface area contributed by atoms with Gasteiger partial charge in [0, 0.05) is 56.2 Å². The highest BCUT2D eigenvalue weighted by molar-refractivity contribution is 6.26. The summed E-state index contributed by atoms with van der Waals surface area (Å²) in [6.45, 7) is 6.84. The van der Waals surface area contributed by atoms with Gasteiger partial charge >= 0.3 is 0 Å². The molecule has 0 amide bonds. The number of morpholine rings is 1. The van der Waals surface area contributed by atoms with Crippen LogP contribution in [0.4, 0.5) is 0 Å². The second-order valence-electron chi connectivity index (χ2n) is 8.94. The topological polar surface area (TPSA) is 140 Å². The number of hydrogen-bond donors (Lipinski definition) is 5. The van der Waals surface area contributed by atoms with Gasteiger partial charge in [-0.2, -0.15) is 0 Å². The molecule has 2 aliphatic carbocycles. The lowest BCUT2D eigenvalue weighted by Crippen LogP contribution is -2.55. The number of nitrogens with zero attached hydrogens (tertiary/aromatic N) is 1. The molecule has 3 aliphatic rings. The number of Topliss-reactive ketones (excluding diaryl/α,β-unsaturated/α-hetero) is 1. The minimum Gasteiger partial charge on any atom is -0.507 e. The minimum atomic E-state index is -1.59. The molecule has 31 heavy (non-hydrogen) atoms. The molecule has 1 heterocycles. The number of aliphatic hydroxyl groups is 2. The lowest BCUT2D eigenvalue weighted by Gasteiger charge is -2.44. The Morgan fingerprint density at radius 1 is 1.00 bits per heavy atom. The third-order valence-corrected chi connectivity index (χ3v) is 6.70. The van der Waals surface area contributed by atoms with Crippen LogP contribution < -0.4 is 5.32 Å². The van der Waals surface area contributed by atoms with Crippen LogP contribution in [-0.4, -0.2) is 87.5 Å². The predicted octanol–water partition coefficient (Wildman–Crippen LogP) is -0.117. The average Bonchev–Trinajstić information content (AvgIpc) is 2.70. The summed E-state index contributed by atoms with van der Waals surface area (Å²) in [6.07, 6.45) is 0.789. The molecule has 1 aromatic carbocycles. The highest BCUT2D eigenvalue weighted by atomic mass is 16.5. The summed E-state index contributed by atoms with van der Waals surface area (Å²) in [5.74, 6) is -2.06. The van der Waals surface area contributed by atoms with Crippen molar-refractivity contribution in [1.29, 1.82) is 0 Å². The number of ether oxygens (including phenoxy) is 1. The van der Waals surface area contributed by atoms with Gasteiger partial charge in [0.2, 0.25) is 5.78 Å². The Balaban J connectivity index is 1.64. The maximum Gasteiger partial charge on any atom is 0.213 e. The Hall–Kier alpha value is -2.46. The molecule has 1 aliphatic heterocycles. The summed E-state index contributed by atoms with van der Waals surface area (Å²) in [4.78, 5) is 28.0. The fraction of sp³-hybridized carbons (Fsp3) is 0.545. The van der Waals surface area contributed by atoms with Crippen molar-refractivity contribution in [3.63, 3.8) is 0 Å². The number of nitrogens with one attached hydrogen (secondary N) is 1. The van der Waals surface area contributed by atoms with Crippen molar-refractivity contribution in [2.45, 2.75) is 37.9 Å². The van der Waals surface area contributed by atoms with E-state index >= 15 is 0 Å². The monoisotopic (exact) mass is 432 g/mol. The Bertz CT molecular complexity index is 975. The molecule has 0 spiro atoms. The standard InChI is InChI=1S/C22H28N2O7/c1-21(29)10-12-13(11-22(21,2)30)19(27)17-16(18(12)26)15(25)9-14(20(17)28)23-3-4-24-5-7-31-8-6-24/h9,23,26-27,29-30H,3-8,10-11H2,1-2H3/t21-,22+/m1/s1. The molecular formula is C22H28N2O7. The number of fused-ring (bicyclic) bond motifs is 2. The molecule has 2 atom stereocenters. The van der Waals surface area contributed by atoms with Crippen LogP contribution in [0.15, 0.2) is 11.8 Å². The SMILES string of the molecule is C[C@]1(O)Cc2c(O)c3c(c(O)c2C[C@@]1(C)O)C(=O)C=C(NCCN1CCOCC1)C3=O. The largest absolute Gasteiger partial charge is 0.507 e. The van der Waals surface area contributed by atoms with Gasteiger partial charge in [0.25, 0.3) is 0 Å². The van der Waals surface area contributed by atoms with Crippen molar-refractivity contribution >= 4 is 11.6 Å². The number of phenolic OH excluding ortho intramolecular Hbond substituents is 2. The normalized spacial score (nSPS) is 28.7. The maximum atomic E-state index is 13.1. The van der Waals surface area contributed by atoms with E-state index in [1.165, 1.54) is 13.8 Å². The van der Waals surface area contributed by atoms with E-state index in [1.807, 2.05) is 0 Å². The Labute approximate surface area is 179 Å². The molecular weight excluding hydrogens is 404 g/mol. The molecule has 1 saturated heterocycles. The highest BCUT2D eigenvalue weighted by Gasteiger charge is 2.49. The fourth-order valence-electron chi connectivity index (χ4n) is 4.44. The van der Waals surface area contributed by atoms with E-state index in [1.54, 1.807) is 0 Å². The van der Waals surface area contributed by atoms with Gasteiger partial charge in [-0.05, 0) is 13.8 Å². The quantitative estimate of drug-likeness (QED) is 0.412. The zero-order valence-corrected chi connectivity index (χ0v) is 17.7. The van der Waals surface area contributed by atoms with Gasteiger partial charge in [-0.3, -0.25) is 14.5 Å². The molecule has 168 valence electrons. The third kappa shape index (κ3) is 3.61. The van der Waals surface area contributed by atoms with Crippen molar-refractivity contribution in [3.8, 4) is 11.5 Å². The van der Waals surface area contributed by atoms with Gasteiger partial charge in [-0.15, -0.1) is 0 Å². The van der Waals surface area contributed by atoms with Gasteiger partial charge in [0.1, 0.15) is 11.5 Å². The minimum absolute atomic E-state index is 0.0509. The number of carbonyl (C=O) groups is 2. The van der Waals surface area contributed by atoms with E-state index in [9.17, 15) is 30.0 Å². The van der Waals surface area contributed by atoms with Crippen LogP contribution in [0.25, 0.3) is 0 Å². The predicted molar refractivity (Wildman–Crippen MR) is 110 cm³/mol. The smallest absolute Gasteiger partial charge is 0.213 e. The van der Waals surface area contributed by atoms with Gasteiger partial charge in [0.15, 0.2) is 5.78 Å². The molecule has 0 radical (unpaired) electrons. The maximum absolute atomic E-state index is 13.1. The summed E-state index contributed by atoms with van der Waals surface area (Å²) in [7, 11) is 0. The number of phenols is 2. The molecule has 4 rings (SSSR count). The van der Waals surface area contributed by atoms with Crippen molar-refractivity contribution in [1.82, 2.24) is 10.2 Å². The number of carbonyl (C=O) groups excluding carboxylic acids is 2. The van der Waals surface area contributed by atoms with Gasteiger partial charge < -0.3 is 30.5 Å². The Kier molecular flexibility index (Phi) is 5.33. The fourth-order valence-corrected chi connectivity index (χ4v) is 4.44. The lowest BCUT2D eigenvalue weighted by atomic mass is 9.69. The van der Waals surface area contributed by atoms with E-state index in [0.29, 0.717) is 26.3 Å². The van der Waals surface area contributed by atoms with Crippen LogP contribution in [0.2, 0.25) is 0 Å². The first-order valence-electron chi connectivity index (χ1n) is 10.4. The molecule has 0 aromatic heterocycles. The lowest BCUT2D eigenvalue weighted by molar-refractivity contribution is -0.135. The molecule has 1 aromatic rings. The third-order valence-electron chi connectivity index (χ3n) is 6.70. The molecule has 0 unspecified atom stereocenters. The zero-order valence-electron chi connectivity index (χ0n) is 17.7. The van der Waals surface area contributed by atoms with Crippen LogP contribution in [0, 0.1) is 0 Å². The van der Waals surface area contributed by atoms with Crippen LogP contribution >= 0.6 is 0 Å². The number of benzene rings is 1. The number of ketones is 2. The summed E-state index contributed by atoms with van der Waals surface area (Å²) in [5, 5.41) is 45.9. The van der Waals surface area contributed by atoms with Crippen LogP contribution in [0.1, 0.15) is 45.7 Å². The first-order valence-corrected chi connectivity index (χ1v) is 10.4. The summed E-state index contributed by atoms with van der Waals surface area (Å²) < 4.78 is 5.31. The van der Waals surface area contributed by atoms with Crippen molar-refractivity contribution < 1.29 is 34.8 Å². The number of aromatic hydroxyl groups is 2. The van der Waals surface area contributed by atoms with E-state index < -0.39 is 34.3 Å². The van der Waals surface area contributed by atoms with Crippen LogP contribution in [0.5, 0.6) is 11.5 Å². The van der Waals surface area contributed by atoms with Gasteiger partial charge in [0.05, 0.1) is 41.2 Å². The Morgan fingerprint density at radius 2 is 1.55 bits per heavy atom. The van der Waals surface area contributed by atoms with E-state index in [4.69, 9.17) is 4.74 Å². The highest BCUT2D eigenvalue weighted by Crippen LogP contribution is 2.48. The first-order chi connectivity index (χ1) is 14.5. The molecule has 0 bridgehead atoms. The summed E-state index contributed by atoms with van der Waals surface area (Å²) in [6, 6.07) is 0. The second-order valence-corrected chi connectivity index (χ2v) is 8.94. The van der Waals surface area contributed by atoms with E-state index in [0.717, 1.165) is 19.2 Å². The van der Waals surface area contributed by atoms with Gasteiger partial charge in [-0.1, -0.05) is 0 Å².